The third-order valence-electron chi connectivity index (χ3n) is 4.86. The van der Waals surface area contributed by atoms with Crippen LogP contribution in [0.25, 0.3) is 5.69 Å². The van der Waals surface area contributed by atoms with Crippen LogP contribution in [0.1, 0.15) is 23.5 Å². The fourth-order valence-corrected chi connectivity index (χ4v) is 3.71. The highest BCUT2D eigenvalue weighted by molar-refractivity contribution is 6.32. The van der Waals surface area contributed by atoms with Gasteiger partial charge in [-0.05, 0) is 29.8 Å². The predicted octanol–water partition coefficient (Wildman–Crippen LogP) is 2.87. The van der Waals surface area contributed by atoms with E-state index >= 15 is 0 Å². The largest absolute Gasteiger partial charge is 0.493 e. The number of halogens is 1. The van der Waals surface area contributed by atoms with Gasteiger partial charge >= 0.3 is 0 Å². The van der Waals surface area contributed by atoms with E-state index in [1.165, 1.54) is 7.11 Å². The maximum Gasteiger partial charge on any atom is 0.255 e. The smallest absolute Gasteiger partial charge is 0.255 e. The number of rotatable bonds is 6. The van der Waals surface area contributed by atoms with Gasteiger partial charge < -0.3 is 20.5 Å². The highest BCUT2D eigenvalue weighted by atomic mass is 35.5. The highest BCUT2D eigenvalue weighted by Gasteiger charge is 2.31. The third-order valence-corrected chi connectivity index (χ3v) is 5.18. The lowest BCUT2D eigenvalue weighted by atomic mass is 9.87. The summed E-state index contributed by atoms with van der Waals surface area (Å²) in [7, 11) is 1.50. The molecule has 0 radical (unpaired) electrons. The van der Waals surface area contributed by atoms with E-state index in [1.54, 1.807) is 29.1 Å². The Bertz CT molecular complexity index is 1130. The third kappa shape index (κ3) is 3.69. The quantitative estimate of drug-likeness (QED) is 0.630. The van der Waals surface area contributed by atoms with E-state index in [1.807, 2.05) is 24.3 Å². The van der Waals surface area contributed by atoms with E-state index < -0.39 is 5.91 Å². The molecule has 8 nitrogen and oxygen atoms in total. The number of ether oxygens (including phenoxy) is 2. The summed E-state index contributed by atoms with van der Waals surface area (Å²) in [5.41, 5.74) is 7.53. The van der Waals surface area contributed by atoms with Gasteiger partial charge in [0.05, 0.1) is 24.0 Å². The van der Waals surface area contributed by atoms with Gasteiger partial charge in [-0.15, -0.1) is 0 Å². The van der Waals surface area contributed by atoms with Crippen molar-refractivity contribution in [1.29, 1.82) is 0 Å². The standard InChI is InChI=1S/C21H19ClN4O4/c1-29-18-8-12(6-7-17(18)30-11-19(23)27)13-9-20(28)25-21-14(13)10-24-26(21)16-5-3-2-4-15(16)22/h2-8,10,13H,9,11H2,1H3,(H2,23,27)(H,25,28). The van der Waals surface area contributed by atoms with Gasteiger partial charge in [0.15, 0.2) is 18.1 Å². The van der Waals surface area contributed by atoms with E-state index in [0.717, 1.165) is 11.1 Å². The second-order valence-electron chi connectivity index (χ2n) is 6.78. The Balaban J connectivity index is 1.73. The van der Waals surface area contributed by atoms with Crippen molar-refractivity contribution in [3.8, 4) is 17.2 Å². The SMILES string of the molecule is COc1cc(C2CC(=O)Nc3c2cnn3-c2ccccc2Cl)ccc1OCC(N)=O. The van der Waals surface area contributed by atoms with E-state index in [4.69, 9.17) is 26.8 Å². The number of benzene rings is 2. The number of hydrogen-bond donors (Lipinski definition) is 2. The molecule has 1 aromatic heterocycles. The molecule has 0 saturated carbocycles. The van der Waals surface area contributed by atoms with Gasteiger partial charge in [-0.25, -0.2) is 4.68 Å². The van der Waals surface area contributed by atoms with Crippen LogP contribution in [0.5, 0.6) is 11.5 Å². The summed E-state index contributed by atoms with van der Waals surface area (Å²) in [4.78, 5) is 23.5. The Hall–Kier alpha value is -3.52. The van der Waals surface area contributed by atoms with Gasteiger partial charge in [0.2, 0.25) is 5.91 Å². The monoisotopic (exact) mass is 426 g/mol. The summed E-state index contributed by atoms with van der Waals surface area (Å²) in [6.07, 6.45) is 1.98. The minimum Gasteiger partial charge on any atom is -0.493 e. The van der Waals surface area contributed by atoms with Crippen molar-refractivity contribution in [3.63, 3.8) is 0 Å². The van der Waals surface area contributed by atoms with Crippen molar-refractivity contribution in [2.75, 3.05) is 19.0 Å². The molecule has 3 aromatic rings. The number of carbonyl (C=O) groups is 2. The predicted molar refractivity (Wildman–Crippen MR) is 111 cm³/mol. The van der Waals surface area contributed by atoms with Crippen LogP contribution in [0.4, 0.5) is 5.82 Å². The van der Waals surface area contributed by atoms with Gasteiger partial charge in [-0.3, -0.25) is 9.59 Å². The lowest BCUT2D eigenvalue weighted by Crippen LogP contribution is -2.24. The summed E-state index contributed by atoms with van der Waals surface area (Å²) in [6, 6.07) is 12.6. The Labute approximate surface area is 177 Å². The molecule has 2 amide bonds. The fraction of sp³-hybridized carbons (Fsp3) is 0.190. The molecule has 3 N–H and O–H groups in total. The average Bonchev–Trinajstić information content (AvgIpc) is 3.15. The number of fused-ring (bicyclic) bond motifs is 1. The molecule has 0 bridgehead atoms. The number of anilines is 1. The lowest BCUT2D eigenvalue weighted by Gasteiger charge is -2.24. The molecular weight excluding hydrogens is 408 g/mol. The Morgan fingerprint density at radius 3 is 2.83 bits per heavy atom. The first-order valence-electron chi connectivity index (χ1n) is 9.19. The molecule has 0 saturated heterocycles. The molecule has 0 aliphatic carbocycles. The molecule has 1 aliphatic rings. The highest BCUT2D eigenvalue weighted by Crippen LogP contribution is 2.41. The van der Waals surface area contributed by atoms with Crippen LogP contribution in [0.2, 0.25) is 5.02 Å². The number of hydrogen-bond acceptors (Lipinski definition) is 5. The number of nitrogens with two attached hydrogens (primary N) is 1. The number of carbonyl (C=O) groups excluding carboxylic acids is 2. The van der Waals surface area contributed by atoms with Crippen molar-refractivity contribution in [2.45, 2.75) is 12.3 Å². The van der Waals surface area contributed by atoms with Crippen LogP contribution in [0, 0.1) is 0 Å². The van der Waals surface area contributed by atoms with Crippen molar-refractivity contribution in [2.24, 2.45) is 5.73 Å². The number of methoxy groups -OCH3 is 1. The first kappa shape index (κ1) is 19.8. The normalized spacial score (nSPS) is 15.3. The summed E-state index contributed by atoms with van der Waals surface area (Å²) in [5, 5.41) is 7.89. The molecule has 1 unspecified atom stereocenters. The van der Waals surface area contributed by atoms with E-state index in [-0.39, 0.29) is 24.9 Å². The average molecular weight is 427 g/mol. The topological polar surface area (TPSA) is 108 Å². The molecule has 1 aliphatic heterocycles. The van der Waals surface area contributed by atoms with Crippen LogP contribution in [-0.2, 0) is 9.59 Å². The first-order chi connectivity index (χ1) is 14.5. The molecule has 154 valence electrons. The number of nitrogens with zero attached hydrogens (tertiary/aromatic N) is 2. The van der Waals surface area contributed by atoms with Crippen molar-refractivity contribution in [1.82, 2.24) is 9.78 Å². The van der Waals surface area contributed by atoms with Crippen LogP contribution < -0.4 is 20.5 Å². The van der Waals surface area contributed by atoms with Crippen molar-refractivity contribution in [3.05, 3.63) is 64.8 Å². The van der Waals surface area contributed by atoms with Gasteiger partial charge in [0, 0.05) is 17.9 Å². The number of amides is 2. The molecular formula is C21H19ClN4O4. The molecule has 9 heteroatoms. The summed E-state index contributed by atoms with van der Waals surface area (Å²) in [5.74, 6) is 0.476. The molecule has 1 atom stereocenters. The van der Waals surface area contributed by atoms with Gasteiger partial charge in [-0.2, -0.15) is 5.10 Å². The summed E-state index contributed by atoms with van der Waals surface area (Å²) < 4.78 is 12.4. The van der Waals surface area contributed by atoms with Crippen LogP contribution in [0.15, 0.2) is 48.7 Å². The minimum absolute atomic E-state index is 0.130. The minimum atomic E-state index is -0.582. The summed E-state index contributed by atoms with van der Waals surface area (Å²) in [6.45, 7) is -0.254. The number of nitrogens with one attached hydrogen (secondary N) is 1. The number of aromatic nitrogens is 2. The van der Waals surface area contributed by atoms with E-state index in [9.17, 15) is 9.59 Å². The fourth-order valence-electron chi connectivity index (χ4n) is 3.49. The van der Waals surface area contributed by atoms with E-state index in [0.29, 0.717) is 28.0 Å². The zero-order valence-electron chi connectivity index (χ0n) is 16.1. The van der Waals surface area contributed by atoms with E-state index in [2.05, 4.69) is 10.4 Å². The lowest BCUT2D eigenvalue weighted by molar-refractivity contribution is -0.120. The Morgan fingerprint density at radius 2 is 2.10 bits per heavy atom. The first-order valence-corrected chi connectivity index (χ1v) is 9.57. The summed E-state index contributed by atoms with van der Waals surface area (Å²) >= 11 is 6.32. The van der Waals surface area contributed by atoms with Gasteiger partial charge in [0.25, 0.3) is 5.91 Å². The maximum absolute atomic E-state index is 12.5. The zero-order valence-corrected chi connectivity index (χ0v) is 16.8. The molecule has 0 spiro atoms. The number of primary amides is 1. The van der Waals surface area contributed by atoms with Crippen molar-refractivity contribution >= 4 is 29.2 Å². The van der Waals surface area contributed by atoms with Gasteiger partial charge in [0.1, 0.15) is 5.82 Å². The molecule has 2 heterocycles. The Kier molecular flexibility index (Phi) is 5.33. The molecule has 4 rings (SSSR count). The molecule has 30 heavy (non-hydrogen) atoms. The van der Waals surface area contributed by atoms with Gasteiger partial charge in [-0.1, -0.05) is 29.8 Å². The Morgan fingerprint density at radius 1 is 1.30 bits per heavy atom. The molecule has 0 fully saturated rings. The van der Waals surface area contributed by atoms with Crippen LogP contribution in [-0.4, -0.2) is 35.3 Å². The molecule has 2 aromatic carbocycles. The number of para-hydroxylation sites is 1. The maximum atomic E-state index is 12.5. The second-order valence-corrected chi connectivity index (χ2v) is 7.19. The zero-order chi connectivity index (χ0) is 21.3. The van der Waals surface area contributed by atoms with Crippen LogP contribution >= 0.6 is 11.6 Å². The van der Waals surface area contributed by atoms with Crippen molar-refractivity contribution < 1.29 is 19.1 Å². The van der Waals surface area contributed by atoms with Crippen LogP contribution in [0.3, 0.4) is 0 Å². The second kappa shape index (κ2) is 8.08.